The van der Waals surface area contributed by atoms with Crippen LogP contribution in [0.5, 0.6) is 0 Å². The number of hydrogen-bond acceptors (Lipinski definition) is 5. The molecule has 1 heterocycles. The standard InChI is InChI=1S/C21H25N3O4/c1-14-19-16(23-24-18(25)13-15-7-4-3-5-8-15)9-6-10-17(19)28-20(14)21(26)22-11-12-27-2/h3-5,7-8H,6,9-13H2,1-2H3,(H,22,26)(H,24,25)/b23-16+. The Morgan fingerprint density at radius 2 is 2.00 bits per heavy atom. The molecule has 0 spiro atoms. The third kappa shape index (κ3) is 4.67. The lowest BCUT2D eigenvalue weighted by Gasteiger charge is -2.13. The lowest BCUT2D eigenvalue weighted by Crippen LogP contribution is -2.27. The molecule has 2 aromatic rings. The van der Waals surface area contributed by atoms with Gasteiger partial charge in [-0.25, -0.2) is 5.43 Å². The predicted molar refractivity (Wildman–Crippen MR) is 105 cm³/mol. The zero-order valence-corrected chi connectivity index (χ0v) is 16.2. The molecule has 0 radical (unpaired) electrons. The zero-order chi connectivity index (χ0) is 19.9. The van der Waals surface area contributed by atoms with Crippen molar-refractivity contribution in [1.82, 2.24) is 10.7 Å². The lowest BCUT2D eigenvalue weighted by molar-refractivity contribution is -0.120. The van der Waals surface area contributed by atoms with Crippen LogP contribution in [0.3, 0.4) is 0 Å². The van der Waals surface area contributed by atoms with Crippen molar-refractivity contribution in [3.63, 3.8) is 0 Å². The molecule has 0 saturated carbocycles. The van der Waals surface area contributed by atoms with Gasteiger partial charge in [0.15, 0.2) is 5.76 Å². The summed E-state index contributed by atoms with van der Waals surface area (Å²) in [5.74, 6) is 0.601. The van der Waals surface area contributed by atoms with Gasteiger partial charge in [0.25, 0.3) is 5.91 Å². The van der Waals surface area contributed by atoms with Crippen molar-refractivity contribution in [3.05, 3.63) is 58.5 Å². The maximum Gasteiger partial charge on any atom is 0.287 e. The summed E-state index contributed by atoms with van der Waals surface area (Å²) in [4.78, 5) is 24.6. The van der Waals surface area contributed by atoms with Crippen LogP contribution in [0.1, 0.15) is 45.8 Å². The number of carbonyl (C=O) groups excluding carboxylic acids is 2. The van der Waals surface area contributed by atoms with E-state index < -0.39 is 0 Å². The number of fused-ring (bicyclic) bond motifs is 1. The molecule has 1 aliphatic rings. The fraction of sp³-hybridized carbons (Fsp3) is 0.381. The molecule has 2 N–H and O–H groups in total. The SMILES string of the molecule is COCCNC(=O)c1oc2c(c1C)/C(=N/NC(=O)Cc1ccccc1)CCC2. The van der Waals surface area contributed by atoms with Crippen LogP contribution < -0.4 is 10.7 Å². The molecule has 1 aromatic carbocycles. The van der Waals surface area contributed by atoms with Gasteiger partial charge in [0.2, 0.25) is 5.91 Å². The molecule has 0 unspecified atom stereocenters. The topological polar surface area (TPSA) is 92.9 Å². The first kappa shape index (κ1) is 19.8. The molecule has 0 atom stereocenters. The van der Waals surface area contributed by atoms with E-state index in [0.717, 1.165) is 47.4 Å². The molecular weight excluding hydrogens is 358 g/mol. The highest BCUT2D eigenvalue weighted by molar-refractivity contribution is 6.06. The maximum absolute atomic E-state index is 12.4. The molecule has 1 aliphatic carbocycles. The second-order valence-corrected chi connectivity index (χ2v) is 6.71. The number of hydrogen-bond donors (Lipinski definition) is 2. The number of carbonyl (C=O) groups is 2. The lowest BCUT2D eigenvalue weighted by atomic mass is 9.93. The number of nitrogens with one attached hydrogen (secondary N) is 2. The van der Waals surface area contributed by atoms with Crippen molar-refractivity contribution < 1.29 is 18.7 Å². The zero-order valence-electron chi connectivity index (χ0n) is 16.2. The number of benzene rings is 1. The molecule has 0 saturated heterocycles. The summed E-state index contributed by atoms with van der Waals surface area (Å²) in [6.07, 6.45) is 2.60. The van der Waals surface area contributed by atoms with Crippen LogP contribution in [0.4, 0.5) is 0 Å². The highest BCUT2D eigenvalue weighted by Gasteiger charge is 2.27. The van der Waals surface area contributed by atoms with Gasteiger partial charge in [-0.15, -0.1) is 0 Å². The molecule has 0 aliphatic heterocycles. The Kier molecular flexibility index (Phi) is 6.60. The van der Waals surface area contributed by atoms with Crippen LogP contribution in [-0.2, 0) is 22.4 Å². The van der Waals surface area contributed by atoms with Crippen molar-refractivity contribution in [2.75, 3.05) is 20.3 Å². The van der Waals surface area contributed by atoms with Gasteiger partial charge < -0.3 is 14.5 Å². The quantitative estimate of drug-likeness (QED) is 0.567. The minimum Gasteiger partial charge on any atom is -0.455 e. The Bertz CT molecular complexity index is 871. The van der Waals surface area contributed by atoms with Crippen LogP contribution in [0.15, 0.2) is 39.9 Å². The number of rotatable bonds is 7. The number of methoxy groups -OCH3 is 1. The van der Waals surface area contributed by atoms with Gasteiger partial charge in [0.05, 0.1) is 18.7 Å². The highest BCUT2D eigenvalue weighted by Crippen LogP contribution is 2.29. The first-order chi connectivity index (χ1) is 13.6. The number of hydrazone groups is 1. The summed E-state index contributed by atoms with van der Waals surface area (Å²) in [5, 5.41) is 7.11. The van der Waals surface area contributed by atoms with E-state index in [1.807, 2.05) is 37.3 Å². The van der Waals surface area contributed by atoms with Gasteiger partial charge in [-0.3, -0.25) is 9.59 Å². The molecule has 7 nitrogen and oxygen atoms in total. The maximum atomic E-state index is 12.4. The number of amides is 2. The minimum atomic E-state index is -0.267. The third-order valence-electron chi connectivity index (χ3n) is 4.65. The number of ether oxygens (including phenoxy) is 1. The van der Waals surface area contributed by atoms with Gasteiger partial charge in [0.1, 0.15) is 5.76 Å². The minimum absolute atomic E-state index is 0.176. The molecule has 1 aromatic heterocycles. The monoisotopic (exact) mass is 383 g/mol. The van der Waals surface area contributed by atoms with Crippen LogP contribution in [0.2, 0.25) is 0 Å². The molecular formula is C21H25N3O4. The van der Waals surface area contributed by atoms with E-state index in [2.05, 4.69) is 15.8 Å². The summed E-state index contributed by atoms with van der Waals surface area (Å²) in [6, 6.07) is 9.52. The van der Waals surface area contributed by atoms with Gasteiger partial charge in [-0.05, 0) is 25.3 Å². The van der Waals surface area contributed by atoms with Crippen molar-refractivity contribution >= 4 is 17.5 Å². The van der Waals surface area contributed by atoms with E-state index in [1.165, 1.54) is 0 Å². The average molecular weight is 383 g/mol. The van der Waals surface area contributed by atoms with E-state index in [-0.39, 0.29) is 18.2 Å². The second kappa shape index (κ2) is 9.32. The second-order valence-electron chi connectivity index (χ2n) is 6.71. The molecule has 7 heteroatoms. The Labute approximate surface area is 164 Å². The van der Waals surface area contributed by atoms with Gasteiger partial charge in [0, 0.05) is 31.2 Å². The Morgan fingerprint density at radius 3 is 2.75 bits per heavy atom. The molecule has 2 amide bonds. The van der Waals surface area contributed by atoms with Gasteiger partial charge in [-0.2, -0.15) is 5.10 Å². The normalized spacial score (nSPS) is 14.6. The smallest absolute Gasteiger partial charge is 0.287 e. The van der Waals surface area contributed by atoms with Crippen molar-refractivity contribution in [3.8, 4) is 0 Å². The fourth-order valence-corrected chi connectivity index (χ4v) is 3.29. The Hall–Kier alpha value is -2.93. The summed E-state index contributed by atoms with van der Waals surface area (Å²) in [5.41, 5.74) is 5.91. The van der Waals surface area contributed by atoms with Crippen molar-refractivity contribution in [2.45, 2.75) is 32.6 Å². The molecule has 0 fully saturated rings. The fourth-order valence-electron chi connectivity index (χ4n) is 3.29. The average Bonchev–Trinajstić information content (AvgIpc) is 3.05. The van der Waals surface area contributed by atoms with Crippen LogP contribution >= 0.6 is 0 Å². The summed E-state index contributed by atoms with van der Waals surface area (Å²) >= 11 is 0. The van der Waals surface area contributed by atoms with E-state index >= 15 is 0 Å². The number of aryl methyl sites for hydroxylation is 1. The van der Waals surface area contributed by atoms with E-state index in [9.17, 15) is 9.59 Å². The van der Waals surface area contributed by atoms with Crippen LogP contribution in [-0.4, -0.2) is 37.8 Å². The van der Waals surface area contributed by atoms with E-state index in [1.54, 1.807) is 7.11 Å². The van der Waals surface area contributed by atoms with Crippen LogP contribution in [0.25, 0.3) is 0 Å². The van der Waals surface area contributed by atoms with E-state index in [4.69, 9.17) is 9.15 Å². The molecule has 3 rings (SSSR count). The summed E-state index contributed by atoms with van der Waals surface area (Å²) in [6.45, 7) is 2.70. The van der Waals surface area contributed by atoms with E-state index in [0.29, 0.717) is 18.9 Å². The highest BCUT2D eigenvalue weighted by atomic mass is 16.5. The van der Waals surface area contributed by atoms with Gasteiger partial charge >= 0.3 is 0 Å². The first-order valence-electron chi connectivity index (χ1n) is 9.39. The largest absolute Gasteiger partial charge is 0.455 e. The Balaban J connectivity index is 1.72. The number of nitrogens with zero attached hydrogens (tertiary/aromatic N) is 1. The Morgan fingerprint density at radius 1 is 1.21 bits per heavy atom. The molecule has 148 valence electrons. The van der Waals surface area contributed by atoms with Crippen molar-refractivity contribution in [1.29, 1.82) is 0 Å². The third-order valence-corrected chi connectivity index (χ3v) is 4.65. The summed E-state index contributed by atoms with van der Waals surface area (Å²) < 4.78 is 10.8. The summed E-state index contributed by atoms with van der Waals surface area (Å²) in [7, 11) is 1.58. The van der Waals surface area contributed by atoms with Gasteiger partial charge in [-0.1, -0.05) is 30.3 Å². The predicted octanol–water partition coefficient (Wildman–Crippen LogP) is 2.36. The number of furan rings is 1. The van der Waals surface area contributed by atoms with Crippen molar-refractivity contribution in [2.24, 2.45) is 5.10 Å². The molecule has 28 heavy (non-hydrogen) atoms. The molecule has 0 bridgehead atoms. The first-order valence-corrected chi connectivity index (χ1v) is 9.39. The van der Waals surface area contributed by atoms with Crippen LogP contribution in [0, 0.1) is 6.92 Å².